The normalized spacial score (nSPS) is 11.3. The molecule has 0 fully saturated rings. The van der Waals surface area contributed by atoms with Gasteiger partial charge in [0.25, 0.3) is 5.91 Å². The number of imide groups is 1. The second-order valence-corrected chi connectivity index (χ2v) is 5.92. The predicted octanol–water partition coefficient (Wildman–Crippen LogP) is 2.26. The van der Waals surface area contributed by atoms with Gasteiger partial charge in [-0.15, -0.1) is 11.8 Å². The Hall–Kier alpha value is -2.80. The van der Waals surface area contributed by atoms with E-state index in [4.69, 9.17) is 10.5 Å². The van der Waals surface area contributed by atoms with Crippen molar-refractivity contribution in [2.24, 2.45) is 5.73 Å². The van der Waals surface area contributed by atoms with Crippen molar-refractivity contribution in [3.63, 3.8) is 0 Å². The number of thioether (sulfide) groups is 1. The van der Waals surface area contributed by atoms with Gasteiger partial charge in [-0.25, -0.2) is 4.79 Å². The third-order valence-corrected chi connectivity index (χ3v) is 4.17. The summed E-state index contributed by atoms with van der Waals surface area (Å²) in [5, 5.41) is 1.21. The van der Waals surface area contributed by atoms with Crippen molar-refractivity contribution in [1.82, 2.24) is 5.32 Å². The first-order valence-corrected chi connectivity index (χ1v) is 7.97. The standard InChI is InChI=1S/C17H16N2O4S/c18-17(22)19-14(20)11-23-16(21)15(12-7-3-1-4-8-12)24-13-9-5-2-6-10-13/h1-10,15H,11H2,(H3,18,19,20,22)/t15-/m1/s1. The summed E-state index contributed by atoms with van der Waals surface area (Å²) in [6.07, 6.45) is 0. The lowest BCUT2D eigenvalue weighted by molar-refractivity contribution is -0.147. The van der Waals surface area contributed by atoms with Crippen molar-refractivity contribution in [1.29, 1.82) is 0 Å². The number of carbonyl (C=O) groups is 3. The van der Waals surface area contributed by atoms with Crippen molar-refractivity contribution in [2.45, 2.75) is 10.1 Å². The molecule has 0 heterocycles. The number of hydrogen-bond acceptors (Lipinski definition) is 5. The van der Waals surface area contributed by atoms with Gasteiger partial charge in [0, 0.05) is 4.90 Å². The summed E-state index contributed by atoms with van der Waals surface area (Å²) in [5.74, 6) is -1.35. The van der Waals surface area contributed by atoms with Crippen LogP contribution in [0.15, 0.2) is 65.6 Å². The number of hydrogen-bond donors (Lipinski definition) is 2. The average Bonchev–Trinajstić information content (AvgIpc) is 2.58. The number of carbonyl (C=O) groups excluding carboxylic acids is 3. The minimum atomic E-state index is -0.991. The summed E-state index contributed by atoms with van der Waals surface area (Å²) in [6.45, 7) is -0.569. The molecule has 6 nitrogen and oxygen atoms in total. The third kappa shape index (κ3) is 5.44. The van der Waals surface area contributed by atoms with Gasteiger partial charge in [-0.2, -0.15) is 0 Å². The average molecular weight is 344 g/mol. The Morgan fingerprint density at radius 2 is 1.58 bits per heavy atom. The Morgan fingerprint density at radius 1 is 1.00 bits per heavy atom. The van der Waals surface area contributed by atoms with Crippen LogP contribution in [0.3, 0.4) is 0 Å². The molecule has 0 aliphatic rings. The number of ether oxygens (including phenoxy) is 1. The van der Waals surface area contributed by atoms with Gasteiger partial charge in [-0.1, -0.05) is 48.5 Å². The topological polar surface area (TPSA) is 98.5 Å². The molecule has 3 amide bonds. The maximum Gasteiger partial charge on any atom is 0.324 e. The summed E-state index contributed by atoms with van der Waals surface area (Å²) < 4.78 is 5.01. The van der Waals surface area contributed by atoms with Crippen LogP contribution in [0.5, 0.6) is 0 Å². The molecule has 24 heavy (non-hydrogen) atoms. The molecule has 0 bridgehead atoms. The molecule has 0 aliphatic carbocycles. The lowest BCUT2D eigenvalue weighted by atomic mass is 10.1. The van der Waals surface area contributed by atoms with Crippen LogP contribution in [-0.2, 0) is 14.3 Å². The molecule has 0 aliphatic heterocycles. The molecule has 1 atom stereocenters. The van der Waals surface area contributed by atoms with Crippen molar-refractivity contribution in [2.75, 3.05) is 6.61 Å². The number of primary amides is 1. The van der Waals surface area contributed by atoms with Crippen LogP contribution < -0.4 is 11.1 Å². The monoisotopic (exact) mass is 344 g/mol. The fraction of sp³-hybridized carbons (Fsp3) is 0.118. The maximum absolute atomic E-state index is 12.4. The number of nitrogens with one attached hydrogen (secondary N) is 1. The first kappa shape index (κ1) is 17.6. The van der Waals surface area contributed by atoms with E-state index in [1.54, 1.807) is 0 Å². The minimum Gasteiger partial charge on any atom is -0.454 e. The summed E-state index contributed by atoms with van der Waals surface area (Å²) in [5.41, 5.74) is 5.59. The Balaban J connectivity index is 2.09. The fourth-order valence-corrected chi connectivity index (χ4v) is 2.94. The fourth-order valence-electron chi connectivity index (χ4n) is 1.90. The van der Waals surface area contributed by atoms with Crippen LogP contribution in [-0.4, -0.2) is 24.5 Å². The molecule has 2 aromatic rings. The van der Waals surface area contributed by atoms with E-state index in [1.807, 2.05) is 66.0 Å². The van der Waals surface area contributed by atoms with Gasteiger partial charge in [0.15, 0.2) is 6.61 Å². The lowest BCUT2D eigenvalue weighted by Crippen LogP contribution is -2.38. The van der Waals surface area contributed by atoms with Crippen LogP contribution in [0, 0.1) is 0 Å². The van der Waals surface area contributed by atoms with Crippen molar-refractivity contribution in [3.8, 4) is 0 Å². The molecular formula is C17H16N2O4S. The number of benzene rings is 2. The van der Waals surface area contributed by atoms with E-state index < -0.39 is 29.8 Å². The molecule has 0 radical (unpaired) electrons. The van der Waals surface area contributed by atoms with E-state index >= 15 is 0 Å². The largest absolute Gasteiger partial charge is 0.454 e. The Morgan fingerprint density at radius 3 is 2.17 bits per heavy atom. The first-order valence-electron chi connectivity index (χ1n) is 7.09. The van der Waals surface area contributed by atoms with Crippen LogP contribution in [0.25, 0.3) is 0 Å². The summed E-state index contributed by atoms with van der Waals surface area (Å²) >= 11 is 1.32. The van der Waals surface area contributed by atoms with Crippen molar-refractivity contribution >= 4 is 29.7 Å². The molecular weight excluding hydrogens is 328 g/mol. The molecule has 0 aromatic heterocycles. The number of nitrogens with two attached hydrogens (primary N) is 1. The van der Waals surface area contributed by atoms with Gasteiger partial charge >= 0.3 is 12.0 Å². The van der Waals surface area contributed by atoms with E-state index in [0.717, 1.165) is 10.5 Å². The van der Waals surface area contributed by atoms with Gasteiger partial charge in [0.1, 0.15) is 5.25 Å². The van der Waals surface area contributed by atoms with Gasteiger partial charge in [-0.05, 0) is 17.7 Å². The highest BCUT2D eigenvalue weighted by atomic mass is 32.2. The Labute approximate surface area is 143 Å². The molecule has 124 valence electrons. The van der Waals surface area contributed by atoms with Gasteiger partial charge in [0.05, 0.1) is 0 Å². The zero-order valence-corrected chi connectivity index (χ0v) is 13.5. The van der Waals surface area contributed by atoms with Crippen molar-refractivity contribution in [3.05, 3.63) is 66.2 Å². The smallest absolute Gasteiger partial charge is 0.324 e. The van der Waals surface area contributed by atoms with Crippen LogP contribution in [0.1, 0.15) is 10.8 Å². The van der Waals surface area contributed by atoms with Gasteiger partial charge in [0.2, 0.25) is 0 Å². The first-order chi connectivity index (χ1) is 11.6. The van der Waals surface area contributed by atoms with E-state index in [0.29, 0.717) is 0 Å². The third-order valence-electron chi connectivity index (χ3n) is 2.92. The van der Waals surface area contributed by atoms with Crippen molar-refractivity contribution < 1.29 is 19.1 Å². The Kier molecular flexibility index (Phi) is 6.39. The highest BCUT2D eigenvalue weighted by Crippen LogP contribution is 2.36. The summed E-state index contributed by atoms with van der Waals surface area (Å²) in [7, 11) is 0. The van der Waals surface area contributed by atoms with Crippen LogP contribution in [0.2, 0.25) is 0 Å². The van der Waals surface area contributed by atoms with E-state index in [1.165, 1.54) is 11.8 Å². The molecule has 0 saturated heterocycles. The van der Waals surface area contributed by atoms with E-state index in [9.17, 15) is 14.4 Å². The number of amides is 3. The van der Waals surface area contributed by atoms with E-state index in [-0.39, 0.29) is 0 Å². The van der Waals surface area contributed by atoms with Gasteiger partial charge in [-0.3, -0.25) is 14.9 Å². The number of urea groups is 1. The molecule has 3 N–H and O–H groups in total. The molecule has 0 saturated carbocycles. The minimum absolute atomic E-state index is 0.569. The summed E-state index contributed by atoms with van der Waals surface area (Å²) in [4.78, 5) is 35.3. The Bertz CT molecular complexity index is 707. The van der Waals surface area contributed by atoms with E-state index in [2.05, 4.69) is 0 Å². The number of rotatable bonds is 6. The lowest BCUT2D eigenvalue weighted by Gasteiger charge is -2.16. The molecule has 2 aromatic carbocycles. The molecule has 0 spiro atoms. The maximum atomic E-state index is 12.4. The zero-order chi connectivity index (χ0) is 17.4. The second-order valence-electron chi connectivity index (χ2n) is 4.74. The predicted molar refractivity (Wildman–Crippen MR) is 90.2 cm³/mol. The molecule has 0 unspecified atom stereocenters. The summed E-state index contributed by atoms with van der Waals surface area (Å²) in [6, 6.07) is 17.5. The molecule has 2 rings (SSSR count). The molecule has 7 heteroatoms. The SMILES string of the molecule is NC(=O)NC(=O)COC(=O)[C@H](Sc1ccccc1)c1ccccc1. The highest BCUT2D eigenvalue weighted by molar-refractivity contribution is 8.00. The highest BCUT2D eigenvalue weighted by Gasteiger charge is 2.24. The second kappa shape index (κ2) is 8.73. The van der Waals surface area contributed by atoms with Crippen LogP contribution in [0.4, 0.5) is 4.79 Å². The zero-order valence-electron chi connectivity index (χ0n) is 12.7. The number of esters is 1. The quantitative estimate of drug-likeness (QED) is 0.619. The van der Waals surface area contributed by atoms with Crippen LogP contribution >= 0.6 is 11.8 Å². The van der Waals surface area contributed by atoms with Gasteiger partial charge < -0.3 is 10.5 Å².